The number of nitrogens with one attached hydrogen (secondary N) is 1. The van der Waals surface area contributed by atoms with Gasteiger partial charge in [0.25, 0.3) is 0 Å². The Morgan fingerprint density at radius 2 is 1.82 bits per heavy atom. The van der Waals surface area contributed by atoms with Crippen LogP contribution < -0.4 is 9.62 Å². The lowest BCUT2D eigenvalue weighted by molar-refractivity contribution is -0.121. The molecule has 0 bridgehead atoms. The number of amides is 1. The van der Waals surface area contributed by atoms with Crippen LogP contribution in [-0.4, -0.2) is 45.1 Å². The number of hydrogen-bond acceptors (Lipinski definition) is 4. The molecule has 0 unspecified atom stereocenters. The highest BCUT2D eigenvalue weighted by atomic mass is 35.5. The molecule has 0 saturated carbocycles. The van der Waals surface area contributed by atoms with E-state index in [1.54, 1.807) is 18.2 Å². The molecule has 0 atom stereocenters. The minimum absolute atomic E-state index is 0.0901. The van der Waals surface area contributed by atoms with Gasteiger partial charge in [0.2, 0.25) is 15.9 Å². The molecular weight excluding hydrogens is 458 g/mol. The van der Waals surface area contributed by atoms with E-state index in [9.17, 15) is 13.2 Å². The number of rotatable bonds is 10. The summed E-state index contributed by atoms with van der Waals surface area (Å²) in [4.78, 5) is 14.9. The topological polar surface area (TPSA) is 69.7 Å². The Bertz CT molecular complexity index is 1050. The number of carbonyl (C=O) groups excluding carboxylic acids is 1. The number of hydrogen-bond donors (Lipinski definition) is 1. The fourth-order valence-corrected chi connectivity index (χ4v) is 5.38. The molecule has 0 spiro atoms. The van der Waals surface area contributed by atoms with Gasteiger partial charge >= 0.3 is 0 Å². The van der Waals surface area contributed by atoms with Gasteiger partial charge in [-0.15, -0.1) is 0 Å². The number of likely N-dealkylation sites (tertiary alicyclic amines) is 1. The van der Waals surface area contributed by atoms with E-state index in [0.29, 0.717) is 23.7 Å². The van der Waals surface area contributed by atoms with E-state index >= 15 is 0 Å². The van der Waals surface area contributed by atoms with Crippen LogP contribution in [0.1, 0.15) is 48.8 Å². The van der Waals surface area contributed by atoms with Crippen LogP contribution in [0, 0.1) is 6.92 Å². The van der Waals surface area contributed by atoms with Crippen molar-refractivity contribution in [3.63, 3.8) is 0 Å². The molecule has 6 nitrogen and oxygen atoms in total. The molecule has 1 saturated heterocycles. The Balaban J connectivity index is 1.49. The first-order valence-corrected chi connectivity index (χ1v) is 13.8. The van der Waals surface area contributed by atoms with Crippen LogP contribution in [0.5, 0.6) is 0 Å². The lowest BCUT2D eigenvalue weighted by atomic mass is 10.1. The molecule has 1 N–H and O–H groups in total. The predicted molar refractivity (Wildman–Crippen MR) is 135 cm³/mol. The second-order valence-corrected chi connectivity index (χ2v) is 11.1. The zero-order valence-electron chi connectivity index (χ0n) is 19.5. The summed E-state index contributed by atoms with van der Waals surface area (Å²) in [5.41, 5.74) is 3.71. The third kappa shape index (κ3) is 8.02. The highest BCUT2D eigenvalue weighted by Gasteiger charge is 2.20. The number of sulfonamides is 1. The molecule has 33 heavy (non-hydrogen) atoms. The Morgan fingerprint density at radius 1 is 1.09 bits per heavy atom. The number of halogens is 1. The van der Waals surface area contributed by atoms with E-state index in [2.05, 4.69) is 22.3 Å². The molecule has 180 valence electrons. The normalized spacial score (nSPS) is 14.8. The van der Waals surface area contributed by atoms with Gasteiger partial charge in [0.1, 0.15) is 0 Å². The average molecular weight is 492 g/mol. The maximum Gasteiger partial charge on any atom is 0.232 e. The average Bonchev–Trinajstić information content (AvgIpc) is 2.77. The van der Waals surface area contributed by atoms with E-state index in [-0.39, 0.29) is 18.9 Å². The summed E-state index contributed by atoms with van der Waals surface area (Å²) < 4.78 is 26.0. The summed E-state index contributed by atoms with van der Waals surface area (Å²) in [5.74, 6) is -0.0901. The lowest BCUT2D eigenvalue weighted by Gasteiger charge is -2.26. The fraction of sp³-hybridized carbons (Fsp3) is 0.480. The zero-order chi connectivity index (χ0) is 23.8. The third-order valence-corrected chi connectivity index (χ3v) is 7.36. The largest absolute Gasteiger partial charge is 0.352 e. The van der Waals surface area contributed by atoms with E-state index < -0.39 is 10.0 Å². The lowest BCUT2D eigenvalue weighted by Crippen LogP contribution is -2.32. The highest BCUT2D eigenvalue weighted by Crippen LogP contribution is 2.26. The molecular formula is C25H34ClN3O3S. The fourth-order valence-electron chi connectivity index (χ4n) is 4.20. The monoisotopic (exact) mass is 491 g/mol. The van der Waals surface area contributed by atoms with Crippen LogP contribution in [-0.2, 0) is 27.9 Å². The number of nitrogens with zero attached hydrogens (tertiary/aromatic N) is 2. The van der Waals surface area contributed by atoms with Crippen LogP contribution in [0.15, 0.2) is 42.5 Å². The van der Waals surface area contributed by atoms with E-state index in [0.717, 1.165) is 30.8 Å². The molecule has 8 heteroatoms. The number of carbonyl (C=O) groups is 1. The Kier molecular flexibility index (Phi) is 9.18. The third-order valence-electron chi connectivity index (χ3n) is 5.94. The quantitative estimate of drug-likeness (QED) is 0.531. The van der Waals surface area contributed by atoms with Gasteiger partial charge < -0.3 is 5.32 Å². The van der Waals surface area contributed by atoms with Gasteiger partial charge in [-0.05, 0) is 68.1 Å². The minimum atomic E-state index is -3.49. The maximum atomic E-state index is 12.4. The van der Waals surface area contributed by atoms with Gasteiger partial charge in [0, 0.05) is 31.1 Å². The summed E-state index contributed by atoms with van der Waals surface area (Å²) in [7, 11) is -3.49. The van der Waals surface area contributed by atoms with E-state index in [4.69, 9.17) is 11.6 Å². The first-order valence-electron chi connectivity index (χ1n) is 11.5. The number of anilines is 1. The molecule has 0 aliphatic carbocycles. The minimum Gasteiger partial charge on any atom is -0.352 e. The summed E-state index contributed by atoms with van der Waals surface area (Å²) in [6.07, 6.45) is 5.69. The Hall–Kier alpha value is -2.09. The first kappa shape index (κ1) is 25.5. The smallest absolute Gasteiger partial charge is 0.232 e. The maximum absolute atomic E-state index is 12.4. The summed E-state index contributed by atoms with van der Waals surface area (Å²) >= 11 is 6.07. The van der Waals surface area contributed by atoms with E-state index in [1.165, 1.54) is 35.4 Å². The van der Waals surface area contributed by atoms with Crippen LogP contribution in [0.25, 0.3) is 0 Å². The van der Waals surface area contributed by atoms with Crippen LogP contribution in [0.3, 0.4) is 0 Å². The molecule has 0 radical (unpaired) electrons. The Labute approximate surface area is 203 Å². The number of benzene rings is 2. The molecule has 3 rings (SSSR count). The van der Waals surface area contributed by atoms with E-state index in [1.807, 2.05) is 19.1 Å². The van der Waals surface area contributed by atoms with Gasteiger partial charge in [-0.1, -0.05) is 48.4 Å². The molecule has 2 aromatic carbocycles. The van der Waals surface area contributed by atoms with Crippen LogP contribution in [0.2, 0.25) is 5.02 Å². The van der Waals surface area contributed by atoms with Crippen molar-refractivity contribution in [1.29, 1.82) is 0 Å². The van der Waals surface area contributed by atoms with Gasteiger partial charge in [-0.2, -0.15) is 0 Å². The number of aryl methyl sites for hydroxylation is 1. The number of piperidine rings is 1. The van der Waals surface area contributed by atoms with Crippen molar-refractivity contribution in [2.45, 2.75) is 52.1 Å². The summed E-state index contributed by atoms with van der Waals surface area (Å²) in [6.45, 7) is 5.79. The summed E-state index contributed by atoms with van der Waals surface area (Å²) in [6, 6.07) is 13.5. The standard InChI is InChI=1S/C25H34ClN3O3S/c1-20-11-12-23(26)17-24(20)29(33(2,31)32)15-7-10-25(30)27-18-21-8-6-9-22(16-21)19-28-13-4-3-5-14-28/h6,8-9,11-12,16-17H,3-5,7,10,13-15,18-19H2,1-2H3,(H,27,30). The Morgan fingerprint density at radius 3 is 2.55 bits per heavy atom. The van der Waals surface area contributed by atoms with Crippen LogP contribution >= 0.6 is 11.6 Å². The van der Waals surface area contributed by atoms with Crippen molar-refractivity contribution in [2.75, 3.05) is 30.2 Å². The molecule has 2 aromatic rings. The second-order valence-electron chi connectivity index (χ2n) is 8.80. The molecule has 0 aromatic heterocycles. The van der Waals surface area contributed by atoms with Crippen LogP contribution in [0.4, 0.5) is 5.69 Å². The van der Waals surface area contributed by atoms with Crippen molar-refractivity contribution in [3.05, 3.63) is 64.2 Å². The SMILES string of the molecule is Cc1ccc(Cl)cc1N(CCCC(=O)NCc1cccc(CN2CCCCC2)c1)S(C)(=O)=O. The van der Waals surface area contributed by atoms with Crippen molar-refractivity contribution in [2.24, 2.45) is 0 Å². The van der Waals surface area contributed by atoms with Gasteiger partial charge in [0.05, 0.1) is 11.9 Å². The highest BCUT2D eigenvalue weighted by molar-refractivity contribution is 7.92. The van der Waals surface area contributed by atoms with Gasteiger partial charge in [-0.3, -0.25) is 14.0 Å². The first-order chi connectivity index (χ1) is 15.7. The van der Waals surface area contributed by atoms with Crippen molar-refractivity contribution >= 4 is 33.2 Å². The molecule has 1 heterocycles. The molecule has 1 amide bonds. The zero-order valence-corrected chi connectivity index (χ0v) is 21.1. The molecule has 1 aliphatic heterocycles. The van der Waals surface area contributed by atoms with Gasteiger partial charge in [0.15, 0.2) is 0 Å². The molecule has 1 aliphatic rings. The summed E-state index contributed by atoms with van der Waals surface area (Å²) in [5, 5.41) is 3.44. The predicted octanol–water partition coefficient (Wildman–Crippen LogP) is 4.50. The van der Waals surface area contributed by atoms with Crippen molar-refractivity contribution in [3.8, 4) is 0 Å². The second kappa shape index (κ2) is 11.9. The molecule has 1 fully saturated rings. The van der Waals surface area contributed by atoms with Crippen molar-refractivity contribution < 1.29 is 13.2 Å². The van der Waals surface area contributed by atoms with Crippen molar-refractivity contribution in [1.82, 2.24) is 10.2 Å². The van der Waals surface area contributed by atoms with Gasteiger partial charge in [-0.25, -0.2) is 8.42 Å².